The van der Waals surface area contributed by atoms with Gasteiger partial charge in [-0.2, -0.15) is 0 Å². The van der Waals surface area contributed by atoms with Gasteiger partial charge in [0.05, 0.1) is 5.39 Å². The van der Waals surface area contributed by atoms with Gasteiger partial charge in [0.25, 0.3) is 0 Å². The highest BCUT2D eigenvalue weighted by Crippen LogP contribution is 2.43. The predicted octanol–water partition coefficient (Wildman–Crippen LogP) is 3.71. The number of rotatable bonds is 6. The number of pyridine rings is 1. The Morgan fingerprint density at radius 2 is 2.22 bits per heavy atom. The third-order valence-electron chi connectivity index (χ3n) is 4.16. The number of anilines is 1. The quantitative estimate of drug-likeness (QED) is 0.479. The summed E-state index contributed by atoms with van der Waals surface area (Å²) in [4.78, 5) is 9.87. The van der Waals surface area contributed by atoms with E-state index in [1.54, 1.807) is 12.5 Å². The van der Waals surface area contributed by atoms with E-state index in [9.17, 15) is 4.55 Å². The van der Waals surface area contributed by atoms with Crippen LogP contribution in [0.2, 0.25) is 0 Å². The van der Waals surface area contributed by atoms with E-state index in [0.29, 0.717) is 21.5 Å². The number of aromatic nitrogens is 5. The monoisotopic (exact) mass is 418 g/mol. The van der Waals surface area contributed by atoms with Gasteiger partial charge in [0.15, 0.2) is 5.82 Å². The average Bonchev–Trinajstić information content (AvgIpc) is 3.39. The molecular weight excluding hydrogens is 400 g/mol. The Labute approximate surface area is 167 Å². The zero-order valence-corrected chi connectivity index (χ0v) is 17.3. The van der Waals surface area contributed by atoms with Crippen molar-refractivity contribution in [1.82, 2.24) is 24.7 Å². The summed E-state index contributed by atoms with van der Waals surface area (Å²) in [5.74, 6) is 1.29. The molecule has 0 radical (unpaired) electrons. The smallest absolute Gasteiger partial charge is 0.232 e. The van der Waals surface area contributed by atoms with Crippen molar-refractivity contribution in [3.05, 3.63) is 24.0 Å². The molecule has 4 heterocycles. The van der Waals surface area contributed by atoms with Crippen LogP contribution in [0, 0.1) is 0 Å². The summed E-state index contributed by atoms with van der Waals surface area (Å²) in [6, 6.07) is 1.94. The fraction of sp³-hybridized carbons (Fsp3) is 0.294. The molecule has 0 aliphatic carbocycles. The van der Waals surface area contributed by atoms with Gasteiger partial charge < -0.3 is 14.9 Å². The van der Waals surface area contributed by atoms with Gasteiger partial charge in [-0.25, -0.2) is 9.97 Å². The first-order valence-electron chi connectivity index (χ1n) is 8.45. The first kappa shape index (κ1) is 18.4. The van der Waals surface area contributed by atoms with Crippen molar-refractivity contribution in [3.63, 3.8) is 0 Å². The highest BCUT2D eigenvalue weighted by Gasteiger charge is 2.26. The summed E-state index contributed by atoms with van der Waals surface area (Å²) in [7, 11) is 1.88. The molecule has 0 amide bonds. The van der Waals surface area contributed by atoms with Gasteiger partial charge in [0.1, 0.15) is 33.3 Å². The Kier molecular flexibility index (Phi) is 5.13. The fourth-order valence-electron chi connectivity index (χ4n) is 2.80. The van der Waals surface area contributed by atoms with Crippen LogP contribution in [-0.2, 0) is 18.2 Å². The van der Waals surface area contributed by atoms with Crippen molar-refractivity contribution in [2.75, 3.05) is 11.5 Å². The molecule has 4 aromatic rings. The Morgan fingerprint density at radius 3 is 2.89 bits per heavy atom. The lowest BCUT2D eigenvalue weighted by molar-refractivity contribution is 0.594. The van der Waals surface area contributed by atoms with Crippen LogP contribution in [0.3, 0.4) is 0 Å². The Morgan fingerprint density at radius 1 is 1.37 bits per heavy atom. The summed E-state index contributed by atoms with van der Waals surface area (Å²) < 4.78 is 15.3. The maximum atomic E-state index is 12.7. The van der Waals surface area contributed by atoms with Crippen LogP contribution in [0.15, 0.2) is 28.2 Å². The molecule has 2 N–H and O–H groups in total. The number of thiophene rings is 1. The van der Waals surface area contributed by atoms with Gasteiger partial charge >= 0.3 is 0 Å². The molecule has 0 spiro atoms. The van der Waals surface area contributed by atoms with Crippen molar-refractivity contribution in [3.8, 4) is 22.1 Å². The normalized spacial score (nSPS) is 12.7. The van der Waals surface area contributed by atoms with Crippen molar-refractivity contribution >= 4 is 49.8 Å². The molecule has 0 aliphatic rings. The lowest BCUT2D eigenvalue weighted by Crippen LogP contribution is -2.07. The zero-order chi connectivity index (χ0) is 19.0. The SMILES string of the molecule is CCCC[S@+]([O-])c1sc2nc(-c3nccs3)cc(-c3nncn3C)c2c1N. The van der Waals surface area contributed by atoms with E-state index in [2.05, 4.69) is 22.1 Å². The van der Waals surface area contributed by atoms with Crippen molar-refractivity contribution in [1.29, 1.82) is 0 Å². The Bertz CT molecular complexity index is 1070. The van der Waals surface area contributed by atoms with Crippen LogP contribution in [-0.4, -0.2) is 35.0 Å². The number of nitrogens with zero attached hydrogens (tertiary/aromatic N) is 5. The molecule has 0 saturated heterocycles. The van der Waals surface area contributed by atoms with Crippen molar-refractivity contribution in [2.45, 2.75) is 24.0 Å². The summed E-state index contributed by atoms with van der Waals surface area (Å²) in [6.45, 7) is 2.08. The van der Waals surface area contributed by atoms with Crippen molar-refractivity contribution in [2.24, 2.45) is 7.05 Å². The number of unbranched alkanes of at least 4 members (excludes halogenated alkanes) is 1. The Hall–Kier alpha value is -2.01. The van der Waals surface area contributed by atoms with E-state index >= 15 is 0 Å². The number of nitrogens with two attached hydrogens (primary N) is 1. The summed E-state index contributed by atoms with van der Waals surface area (Å²) in [5, 5.41) is 11.8. The van der Waals surface area contributed by atoms with E-state index in [-0.39, 0.29) is 0 Å². The van der Waals surface area contributed by atoms with E-state index in [1.165, 1.54) is 22.7 Å². The van der Waals surface area contributed by atoms with Gasteiger partial charge in [0.2, 0.25) is 4.21 Å². The third kappa shape index (κ3) is 3.33. The van der Waals surface area contributed by atoms with Gasteiger partial charge in [-0.1, -0.05) is 24.7 Å². The number of aryl methyl sites for hydroxylation is 1. The van der Waals surface area contributed by atoms with E-state index < -0.39 is 11.2 Å². The number of hydrogen-bond acceptors (Lipinski definition) is 8. The molecule has 0 bridgehead atoms. The average molecular weight is 419 g/mol. The molecular formula is C17H18N6OS3. The van der Waals surface area contributed by atoms with E-state index in [4.69, 9.17) is 10.7 Å². The minimum atomic E-state index is -1.13. The molecule has 0 aromatic carbocycles. The van der Waals surface area contributed by atoms with Crippen molar-refractivity contribution < 1.29 is 4.55 Å². The minimum Gasteiger partial charge on any atom is -0.611 e. The first-order valence-corrected chi connectivity index (χ1v) is 11.5. The first-order chi connectivity index (χ1) is 13.1. The maximum Gasteiger partial charge on any atom is 0.232 e. The molecule has 0 aliphatic heterocycles. The molecule has 27 heavy (non-hydrogen) atoms. The molecule has 4 aromatic heterocycles. The summed E-state index contributed by atoms with van der Waals surface area (Å²) in [6.07, 6.45) is 5.29. The van der Waals surface area contributed by atoms with Gasteiger partial charge in [-0.05, 0) is 23.7 Å². The lowest BCUT2D eigenvalue weighted by atomic mass is 10.1. The largest absolute Gasteiger partial charge is 0.611 e. The number of hydrogen-bond donors (Lipinski definition) is 1. The standard InChI is InChI=1S/C17H18N6OS3/c1-3-4-7-27(24)17-13(18)12-10(14-22-20-9-23(14)2)8-11(21-16(12)26-17)15-19-5-6-25-15/h5-6,8-9H,3-4,7,18H2,1-2H3/t27-/m0/s1. The van der Waals surface area contributed by atoms with Crippen LogP contribution >= 0.6 is 22.7 Å². The van der Waals surface area contributed by atoms with Crippen LogP contribution in [0.1, 0.15) is 19.8 Å². The second kappa shape index (κ2) is 7.55. The van der Waals surface area contributed by atoms with Gasteiger partial charge in [-0.3, -0.25) is 0 Å². The number of nitrogen functional groups attached to an aromatic ring is 1. The van der Waals surface area contributed by atoms with Crippen LogP contribution < -0.4 is 5.73 Å². The lowest BCUT2D eigenvalue weighted by Gasteiger charge is -2.08. The Balaban J connectivity index is 1.95. The molecule has 0 fully saturated rings. The second-order valence-corrected chi connectivity index (χ2v) is 9.70. The molecule has 10 heteroatoms. The third-order valence-corrected chi connectivity index (χ3v) is 7.95. The number of fused-ring (bicyclic) bond motifs is 1. The fourth-order valence-corrected chi connectivity index (χ4v) is 6.19. The minimum absolute atomic E-state index is 0.528. The highest BCUT2D eigenvalue weighted by atomic mass is 32.2. The molecule has 4 rings (SSSR count). The molecule has 1 atom stereocenters. The highest BCUT2D eigenvalue weighted by molar-refractivity contribution is 7.93. The van der Waals surface area contributed by atoms with Crippen LogP contribution in [0.4, 0.5) is 5.69 Å². The van der Waals surface area contributed by atoms with E-state index in [0.717, 1.165) is 39.3 Å². The van der Waals surface area contributed by atoms with Crippen LogP contribution in [0.5, 0.6) is 0 Å². The molecule has 7 nitrogen and oxygen atoms in total. The van der Waals surface area contributed by atoms with E-state index in [1.807, 2.05) is 23.1 Å². The zero-order valence-electron chi connectivity index (χ0n) is 14.9. The number of thiazole rings is 1. The topological polar surface area (TPSA) is 106 Å². The summed E-state index contributed by atoms with van der Waals surface area (Å²) >= 11 is 1.78. The molecule has 0 unspecified atom stereocenters. The van der Waals surface area contributed by atoms with Gasteiger partial charge in [-0.15, -0.1) is 21.5 Å². The second-order valence-electron chi connectivity index (χ2n) is 6.04. The van der Waals surface area contributed by atoms with Gasteiger partial charge in [0, 0.05) is 24.2 Å². The predicted molar refractivity (Wildman–Crippen MR) is 111 cm³/mol. The summed E-state index contributed by atoms with van der Waals surface area (Å²) in [5.41, 5.74) is 8.56. The molecule has 0 saturated carbocycles. The molecule has 140 valence electrons. The van der Waals surface area contributed by atoms with Crippen LogP contribution in [0.25, 0.3) is 32.3 Å². The maximum absolute atomic E-state index is 12.7.